The largest absolute Gasteiger partial charge is 0.332 e. The number of hydrogen-bond donors (Lipinski definition) is 0. The van der Waals surface area contributed by atoms with E-state index in [0.717, 1.165) is 12.5 Å². The molecule has 0 amide bonds. The number of nitrogens with zero attached hydrogens (tertiary/aromatic N) is 3. The van der Waals surface area contributed by atoms with Gasteiger partial charge in [0.15, 0.2) is 0 Å². The van der Waals surface area contributed by atoms with Crippen LogP contribution in [0.5, 0.6) is 0 Å². The van der Waals surface area contributed by atoms with E-state index in [-0.39, 0.29) is 0 Å². The number of aliphatic imine (C=N–C) groups is 1. The summed E-state index contributed by atoms with van der Waals surface area (Å²) in [6.07, 6.45) is 7.66. The second-order valence-corrected chi connectivity index (χ2v) is 7.38. The SMILES string of the molecule is CCCC(C)C1=C2CC(N3CCCC3)CN2C(CC)=N[C@H]1C. The monoisotopic (exact) mass is 303 g/mol. The first kappa shape index (κ1) is 16.0. The molecule has 0 saturated carbocycles. The van der Waals surface area contributed by atoms with Crippen LogP contribution in [-0.4, -0.2) is 47.4 Å². The van der Waals surface area contributed by atoms with Crippen molar-refractivity contribution >= 4 is 5.84 Å². The molecule has 2 unspecified atom stereocenters. The summed E-state index contributed by atoms with van der Waals surface area (Å²) in [5, 5.41) is 0. The Morgan fingerprint density at radius 1 is 1.23 bits per heavy atom. The molecule has 3 aliphatic heterocycles. The minimum absolute atomic E-state index is 0.389. The molecule has 3 aliphatic rings. The predicted octanol–water partition coefficient (Wildman–Crippen LogP) is 4.06. The molecule has 0 aromatic heterocycles. The summed E-state index contributed by atoms with van der Waals surface area (Å²) in [5.74, 6) is 2.01. The molecule has 0 radical (unpaired) electrons. The zero-order chi connectivity index (χ0) is 15.7. The first-order valence-corrected chi connectivity index (χ1v) is 9.46. The molecule has 22 heavy (non-hydrogen) atoms. The van der Waals surface area contributed by atoms with Gasteiger partial charge in [0.2, 0.25) is 0 Å². The number of hydrogen-bond acceptors (Lipinski definition) is 3. The van der Waals surface area contributed by atoms with Gasteiger partial charge in [-0.3, -0.25) is 9.89 Å². The maximum Gasteiger partial charge on any atom is 0.104 e. The summed E-state index contributed by atoms with van der Waals surface area (Å²) in [4.78, 5) is 10.4. The fourth-order valence-electron chi connectivity index (χ4n) is 4.78. The molecule has 0 aliphatic carbocycles. The second-order valence-electron chi connectivity index (χ2n) is 7.38. The van der Waals surface area contributed by atoms with Gasteiger partial charge in [-0.15, -0.1) is 0 Å². The van der Waals surface area contributed by atoms with E-state index in [1.54, 1.807) is 11.3 Å². The minimum Gasteiger partial charge on any atom is -0.332 e. The van der Waals surface area contributed by atoms with Crippen LogP contribution >= 0.6 is 0 Å². The molecule has 2 fully saturated rings. The van der Waals surface area contributed by atoms with Gasteiger partial charge in [0.25, 0.3) is 0 Å². The van der Waals surface area contributed by atoms with Crippen LogP contribution in [0.4, 0.5) is 0 Å². The normalized spacial score (nSPS) is 30.7. The zero-order valence-electron chi connectivity index (χ0n) is 14.9. The molecular weight excluding hydrogens is 270 g/mol. The van der Waals surface area contributed by atoms with E-state index in [4.69, 9.17) is 4.99 Å². The third-order valence-corrected chi connectivity index (χ3v) is 5.81. The Morgan fingerprint density at radius 2 is 1.95 bits per heavy atom. The molecule has 124 valence electrons. The van der Waals surface area contributed by atoms with Crippen molar-refractivity contribution in [3.05, 3.63) is 11.3 Å². The Morgan fingerprint density at radius 3 is 2.59 bits per heavy atom. The highest BCUT2D eigenvalue weighted by Gasteiger charge is 2.39. The van der Waals surface area contributed by atoms with Gasteiger partial charge in [0.1, 0.15) is 5.84 Å². The first-order valence-electron chi connectivity index (χ1n) is 9.46. The van der Waals surface area contributed by atoms with Crippen molar-refractivity contribution in [1.29, 1.82) is 0 Å². The van der Waals surface area contributed by atoms with E-state index < -0.39 is 0 Å². The summed E-state index contributed by atoms with van der Waals surface area (Å²) in [7, 11) is 0. The number of fused-ring (bicyclic) bond motifs is 1. The van der Waals surface area contributed by atoms with E-state index >= 15 is 0 Å². The van der Waals surface area contributed by atoms with Gasteiger partial charge in [0.05, 0.1) is 6.04 Å². The molecule has 0 N–H and O–H groups in total. The fraction of sp³-hybridized carbons (Fsp3) is 0.842. The molecule has 3 rings (SSSR count). The van der Waals surface area contributed by atoms with E-state index in [9.17, 15) is 0 Å². The molecule has 3 atom stereocenters. The highest BCUT2D eigenvalue weighted by molar-refractivity contribution is 5.86. The van der Waals surface area contributed by atoms with Crippen molar-refractivity contribution in [2.24, 2.45) is 10.9 Å². The highest BCUT2D eigenvalue weighted by atomic mass is 15.3. The average Bonchev–Trinajstić information content (AvgIpc) is 3.15. The molecule has 3 heterocycles. The Labute approximate surface area is 136 Å². The minimum atomic E-state index is 0.389. The average molecular weight is 303 g/mol. The lowest BCUT2D eigenvalue weighted by Crippen LogP contribution is -2.38. The molecule has 0 spiro atoms. The molecule has 3 heteroatoms. The van der Waals surface area contributed by atoms with Gasteiger partial charge < -0.3 is 4.90 Å². The number of rotatable bonds is 5. The van der Waals surface area contributed by atoms with Gasteiger partial charge in [0, 0.05) is 31.1 Å². The fourth-order valence-corrected chi connectivity index (χ4v) is 4.78. The zero-order valence-corrected chi connectivity index (χ0v) is 14.9. The molecular formula is C19H33N3. The van der Waals surface area contributed by atoms with Crippen LogP contribution < -0.4 is 0 Å². The lowest BCUT2D eigenvalue weighted by Gasteiger charge is -2.34. The third kappa shape index (κ3) is 2.84. The van der Waals surface area contributed by atoms with Crippen LogP contribution in [0.3, 0.4) is 0 Å². The van der Waals surface area contributed by atoms with Gasteiger partial charge in [-0.2, -0.15) is 0 Å². The Kier molecular flexibility index (Phi) is 4.91. The van der Waals surface area contributed by atoms with Crippen molar-refractivity contribution in [1.82, 2.24) is 9.80 Å². The predicted molar refractivity (Wildman–Crippen MR) is 94.2 cm³/mol. The van der Waals surface area contributed by atoms with Gasteiger partial charge in [-0.05, 0) is 50.8 Å². The van der Waals surface area contributed by atoms with Crippen molar-refractivity contribution in [3.63, 3.8) is 0 Å². The second kappa shape index (κ2) is 6.74. The summed E-state index contributed by atoms with van der Waals surface area (Å²) < 4.78 is 0. The molecule has 3 nitrogen and oxygen atoms in total. The topological polar surface area (TPSA) is 18.8 Å². The van der Waals surface area contributed by atoms with Crippen LogP contribution in [0.15, 0.2) is 16.3 Å². The molecule has 2 saturated heterocycles. The van der Waals surface area contributed by atoms with Crippen LogP contribution in [0.25, 0.3) is 0 Å². The van der Waals surface area contributed by atoms with Crippen molar-refractivity contribution in [3.8, 4) is 0 Å². The van der Waals surface area contributed by atoms with Crippen molar-refractivity contribution < 1.29 is 0 Å². The van der Waals surface area contributed by atoms with Gasteiger partial charge in [-0.25, -0.2) is 0 Å². The molecule has 0 aromatic carbocycles. The summed E-state index contributed by atoms with van der Waals surface area (Å²) in [6.45, 7) is 13.1. The van der Waals surface area contributed by atoms with Gasteiger partial charge in [-0.1, -0.05) is 27.2 Å². The molecule has 0 aromatic rings. The van der Waals surface area contributed by atoms with E-state index in [1.165, 1.54) is 57.6 Å². The lowest BCUT2D eigenvalue weighted by molar-refractivity contribution is 0.249. The van der Waals surface area contributed by atoms with Crippen LogP contribution in [0.2, 0.25) is 0 Å². The standard InChI is InChI=1S/C19H33N3/c1-5-9-14(3)19-15(4)20-18(6-2)22-13-16(12-17(19)22)21-10-7-8-11-21/h14-16H,5-13H2,1-4H3/t14?,15-,16?/m0/s1. The maximum absolute atomic E-state index is 5.06. The number of likely N-dealkylation sites (tertiary alicyclic amines) is 1. The Hall–Kier alpha value is -0.830. The quantitative estimate of drug-likeness (QED) is 0.763. The van der Waals surface area contributed by atoms with E-state index in [2.05, 4.69) is 37.5 Å². The van der Waals surface area contributed by atoms with E-state index in [1.807, 2.05) is 0 Å². The lowest BCUT2D eigenvalue weighted by atomic mass is 9.88. The maximum atomic E-state index is 5.06. The van der Waals surface area contributed by atoms with Crippen molar-refractivity contribution in [2.75, 3.05) is 19.6 Å². The van der Waals surface area contributed by atoms with Gasteiger partial charge >= 0.3 is 0 Å². The van der Waals surface area contributed by atoms with Crippen LogP contribution in [0.1, 0.15) is 66.2 Å². The van der Waals surface area contributed by atoms with E-state index in [0.29, 0.717) is 12.0 Å². The number of amidine groups is 1. The Bertz CT molecular complexity index is 459. The summed E-state index contributed by atoms with van der Waals surface area (Å²) in [5.41, 5.74) is 3.28. The highest BCUT2D eigenvalue weighted by Crippen LogP contribution is 2.38. The smallest absolute Gasteiger partial charge is 0.104 e. The molecule has 0 bridgehead atoms. The third-order valence-electron chi connectivity index (χ3n) is 5.81. The summed E-state index contributed by atoms with van der Waals surface area (Å²) in [6, 6.07) is 1.11. The Balaban J connectivity index is 1.88. The summed E-state index contributed by atoms with van der Waals surface area (Å²) >= 11 is 0. The first-order chi connectivity index (χ1) is 10.7. The van der Waals surface area contributed by atoms with Crippen LogP contribution in [0, 0.1) is 5.92 Å². The van der Waals surface area contributed by atoms with Crippen molar-refractivity contribution in [2.45, 2.75) is 78.3 Å². The van der Waals surface area contributed by atoms with Crippen LogP contribution in [-0.2, 0) is 0 Å².